The highest BCUT2D eigenvalue weighted by atomic mass is 19.1. The molecule has 136 valence electrons. The van der Waals surface area contributed by atoms with E-state index < -0.39 is 11.8 Å². The summed E-state index contributed by atoms with van der Waals surface area (Å²) in [5, 5.41) is 12.9. The van der Waals surface area contributed by atoms with Gasteiger partial charge in [0.05, 0.1) is 11.1 Å². The fourth-order valence-electron chi connectivity index (χ4n) is 2.51. The number of benzene rings is 2. The maximum Gasteiger partial charge on any atom is 0.335 e. The molecule has 0 aliphatic heterocycles. The second-order valence-corrected chi connectivity index (χ2v) is 5.88. The molecule has 0 saturated carbocycles. The van der Waals surface area contributed by atoms with Crippen LogP contribution in [0.15, 0.2) is 65.2 Å². The second kappa shape index (κ2) is 7.78. The van der Waals surface area contributed by atoms with Crippen LogP contribution < -0.4 is 0 Å². The molecule has 0 saturated heterocycles. The average molecular weight is 364 g/mol. The van der Waals surface area contributed by atoms with Gasteiger partial charge in [-0.3, -0.25) is 0 Å². The zero-order chi connectivity index (χ0) is 19.4. The summed E-state index contributed by atoms with van der Waals surface area (Å²) in [6, 6.07) is 10.9. The van der Waals surface area contributed by atoms with Crippen LogP contribution in [-0.2, 0) is 0 Å². The van der Waals surface area contributed by atoms with Crippen LogP contribution in [0.4, 0.5) is 4.39 Å². The molecule has 0 amide bonds. The Bertz CT molecular complexity index is 1050. The SMILES string of the molecule is C/C=C\C=C(/C)c1ccc(-c2nc(-c3cccc(C(=O)O)c3)no2)c(F)c1. The molecule has 1 N–H and O–H groups in total. The molecule has 0 aliphatic rings. The van der Waals surface area contributed by atoms with E-state index in [0.29, 0.717) is 5.56 Å². The number of nitrogens with zero attached hydrogens (tertiary/aromatic N) is 2. The lowest BCUT2D eigenvalue weighted by Crippen LogP contribution is -1.96. The van der Waals surface area contributed by atoms with Crippen LogP contribution in [0.1, 0.15) is 29.8 Å². The minimum Gasteiger partial charge on any atom is -0.478 e. The lowest BCUT2D eigenvalue weighted by Gasteiger charge is -2.03. The Morgan fingerprint density at radius 3 is 2.70 bits per heavy atom. The summed E-state index contributed by atoms with van der Waals surface area (Å²) >= 11 is 0. The van der Waals surface area contributed by atoms with Crippen molar-refractivity contribution in [3.63, 3.8) is 0 Å². The number of allylic oxidation sites excluding steroid dienone is 4. The minimum absolute atomic E-state index is 0.0323. The number of carbonyl (C=O) groups is 1. The Balaban J connectivity index is 1.93. The second-order valence-electron chi connectivity index (χ2n) is 5.88. The molecule has 0 bridgehead atoms. The monoisotopic (exact) mass is 364 g/mol. The van der Waals surface area contributed by atoms with Crippen LogP contribution in [0.2, 0.25) is 0 Å². The van der Waals surface area contributed by atoms with Gasteiger partial charge in [0.25, 0.3) is 5.89 Å². The summed E-state index contributed by atoms with van der Waals surface area (Å²) in [6.07, 6.45) is 5.68. The number of carboxylic acids is 1. The van der Waals surface area contributed by atoms with Gasteiger partial charge in [0.2, 0.25) is 5.82 Å². The van der Waals surface area contributed by atoms with Gasteiger partial charge in [-0.2, -0.15) is 4.98 Å². The molecule has 27 heavy (non-hydrogen) atoms. The predicted molar refractivity (Wildman–Crippen MR) is 101 cm³/mol. The van der Waals surface area contributed by atoms with Gasteiger partial charge in [0.15, 0.2) is 0 Å². The maximum absolute atomic E-state index is 14.5. The van der Waals surface area contributed by atoms with Crippen molar-refractivity contribution in [2.45, 2.75) is 13.8 Å². The van der Waals surface area contributed by atoms with Crippen molar-refractivity contribution in [1.82, 2.24) is 10.1 Å². The lowest BCUT2D eigenvalue weighted by molar-refractivity contribution is 0.0697. The highest BCUT2D eigenvalue weighted by molar-refractivity contribution is 5.89. The highest BCUT2D eigenvalue weighted by Gasteiger charge is 2.16. The molecule has 0 fully saturated rings. The fourth-order valence-corrected chi connectivity index (χ4v) is 2.51. The van der Waals surface area contributed by atoms with E-state index in [1.807, 2.05) is 32.1 Å². The molecule has 1 heterocycles. The van der Waals surface area contributed by atoms with Gasteiger partial charge in [-0.1, -0.05) is 41.6 Å². The van der Waals surface area contributed by atoms with Crippen LogP contribution in [0.5, 0.6) is 0 Å². The predicted octanol–water partition coefficient (Wildman–Crippen LogP) is 5.22. The normalized spacial score (nSPS) is 11.9. The average Bonchev–Trinajstić information content (AvgIpc) is 3.16. The summed E-state index contributed by atoms with van der Waals surface area (Å²) in [5.41, 5.74) is 2.45. The van der Waals surface area contributed by atoms with Crippen molar-refractivity contribution in [3.8, 4) is 22.8 Å². The number of hydrogen-bond donors (Lipinski definition) is 1. The van der Waals surface area contributed by atoms with E-state index in [-0.39, 0.29) is 22.8 Å². The van der Waals surface area contributed by atoms with Crippen molar-refractivity contribution in [2.24, 2.45) is 0 Å². The quantitative estimate of drug-likeness (QED) is 0.628. The van der Waals surface area contributed by atoms with Gasteiger partial charge < -0.3 is 9.63 Å². The molecular weight excluding hydrogens is 347 g/mol. The van der Waals surface area contributed by atoms with Crippen LogP contribution in [0.3, 0.4) is 0 Å². The minimum atomic E-state index is -1.05. The van der Waals surface area contributed by atoms with Crippen molar-refractivity contribution < 1.29 is 18.8 Å². The van der Waals surface area contributed by atoms with Gasteiger partial charge >= 0.3 is 5.97 Å². The van der Waals surface area contributed by atoms with E-state index in [4.69, 9.17) is 9.63 Å². The van der Waals surface area contributed by atoms with Crippen molar-refractivity contribution in [1.29, 1.82) is 0 Å². The first kappa shape index (κ1) is 18.3. The summed E-state index contributed by atoms with van der Waals surface area (Å²) in [4.78, 5) is 15.3. The topological polar surface area (TPSA) is 76.2 Å². The van der Waals surface area contributed by atoms with Gasteiger partial charge in [-0.15, -0.1) is 0 Å². The largest absolute Gasteiger partial charge is 0.478 e. The number of hydrogen-bond acceptors (Lipinski definition) is 4. The van der Waals surface area contributed by atoms with Gasteiger partial charge in [0, 0.05) is 5.56 Å². The first-order valence-corrected chi connectivity index (χ1v) is 8.27. The standard InChI is InChI=1S/C21H17FN2O3/c1-3-4-6-13(2)14-9-10-17(18(22)12-14)20-23-19(24-27-20)15-7-5-8-16(11-15)21(25)26/h3-12H,1-2H3,(H,25,26)/b4-3-,13-6+. The Morgan fingerprint density at radius 2 is 2.00 bits per heavy atom. The summed E-state index contributed by atoms with van der Waals surface area (Å²) in [7, 11) is 0. The van der Waals surface area contributed by atoms with Crippen molar-refractivity contribution in [3.05, 3.63) is 77.6 Å². The van der Waals surface area contributed by atoms with Crippen LogP contribution in [0.25, 0.3) is 28.4 Å². The molecule has 0 atom stereocenters. The van der Waals surface area contributed by atoms with Crippen LogP contribution in [-0.4, -0.2) is 21.2 Å². The molecule has 6 heteroatoms. The molecule has 0 spiro atoms. The highest BCUT2D eigenvalue weighted by Crippen LogP contribution is 2.27. The number of rotatable bonds is 5. The first-order valence-electron chi connectivity index (χ1n) is 8.27. The Labute approximate surface area is 155 Å². The zero-order valence-electron chi connectivity index (χ0n) is 14.8. The first-order chi connectivity index (χ1) is 13.0. The maximum atomic E-state index is 14.5. The van der Waals surface area contributed by atoms with E-state index in [9.17, 15) is 9.18 Å². The smallest absolute Gasteiger partial charge is 0.335 e. The number of aromatic nitrogens is 2. The molecule has 1 aromatic heterocycles. The van der Waals surface area contributed by atoms with E-state index in [1.165, 1.54) is 18.2 Å². The molecule has 3 rings (SSSR count). The van der Waals surface area contributed by atoms with Gasteiger partial charge in [0.1, 0.15) is 5.82 Å². The molecule has 0 unspecified atom stereocenters. The molecule has 2 aromatic carbocycles. The summed E-state index contributed by atoms with van der Waals surface area (Å²) < 4.78 is 19.7. The number of aromatic carboxylic acids is 1. The molecule has 0 radical (unpaired) electrons. The third kappa shape index (κ3) is 4.00. The summed E-state index contributed by atoms with van der Waals surface area (Å²) in [6.45, 7) is 3.81. The number of carboxylic acid groups (broad SMARTS) is 1. The van der Waals surface area contributed by atoms with E-state index in [0.717, 1.165) is 11.1 Å². The molecule has 3 aromatic rings. The van der Waals surface area contributed by atoms with E-state index in [1.54, 1.807) is 24.3 Å². The zero-order valence-corrected chi connectivity index (χ0v) is 14.8. The fraction of sp³-hybridized carbons (Fsp3) is 0.0952. The van der Waals surface area contributed by atoms with Crippen LogP contribution >= 0.6 is 0 Å². The Hall–Kier alpha value is -3.54. The van der Waals surface area contributed by atoms with Gasteiger partial charge in [-0.25, -0.2) is 9.18 Å². The van der Waals surface area contributed by atoms with E-state index in [2.05, 4.69) is 10.1 Å². The van der Waals surface area contributed by atoms with E-state index >= 15 is 0 Å². The summed E-state index contributed by atoms with van der Waals surface area (Å²) in [5.74, 6) is -1.30. The lowest BCUT2D eigenvalue weighted by atomic mass is 10.0. The third-order valence-corrected chi connectivity index (χ3v) is 3.99. The van der Waals surface area contributed by atoms with Crippen molar-refractivity contribution >= 4 is 11.5 Å². The molecule has 0 aliphatic carbocycles. The molecule has 5 nitrogen and oxygen atoms in total. The van der Waals surface area contributed by atoms with Crippen molar-refractivity contribution in [2.75, 3.05) is 0 Å². The van der Waals surface area contributed by atoms with Gasteiger partial charge in [-0.05, 0) is 49.2 Å². The Kier molecular flexibility index (Phi) is 5.26. The molecular formula is C21H17FN2O3. The third-order valence-electron chi connectivity index (χ3n) is 3.99. The number of halogens is 1. The Morgan fingerprint density at radius 1 is 1.19 bits per heavy atom. The van der Waals surface area contributed by atoms with Crippen LogP contribution in [0, 0.1) is 5.82 Å².